The molecule has 0 spiro atoms. The number of nitrogens with zero attached hydrogens (tertiary/aromatic N) is 2. The van der Waals surface area contributed by atoms with Crippen molar-refractivity contribution >= 4 is 44.3 Å². The van der Waals surface area contributed by atoms with E-state index in [4.69, 9.17) is 26.1 Å². The van der Waals surface area contributed by atoms with Crippen molar-refractivity contribution in [1.82, 2.24) is 4.98 Å². The number of anilines is 1. The van der Waals surface area contributed by atoms with E-state index in [1.165, 1.54) is 6.07 Å². The molecule has 170 valence electrons. The fourth-order valence-electron chi connectivity index (χ4n) is 3.92. The van der Waals surface area contributed by atoms with Crippen molar-refractivity contribution in [3.8, 4) is 5.75 Å². The maximum atomic E-state index is 14.1. The number of piperidine rings is 1. The highest BCUT2D eigenvalue weighted by molar-refractivity contribution is 7.22. The topological polar surface area (TPSA) is 51.7 Å². The molecule has 1 saturated heterocycles. The third kappa shape index (κ3) is 5.70. The number of halogens is 2. The normalized spacial score (nSPS) is 14.7. The van der Waals surface area contributed by atoms with E-state index in [-0.39, 0.29) is 18.1 Å². The molecule has 3 aromatic rings. The Hall–Kier alpha value is -2.38. The standard InChI is InChI=1S/C24H26ClFN2O3S/c1-2-30-23(29)14-17-3-5-19(26)21(13-17)31-12-9-16-7-10-28(11-8-16)24-27-20-6-4-18(25)15-22(20)32-24/h3-6,13,15-16H,2,7-12,14H2,1H3. The van der Waals surface area contributed by atoms with Crippen molar-refractivity contribution in [3.05, 3.63) is 52.8 Å². The molecule has 0 unspecified atom stereocenters. The third-order valence-corrected chi connectivity index (χ3v) is 6.97. The Bertz CT molecular complexity index is 1080. The van der Waals surface area contributed by atoms with Crippen LogP contribution in [0.2, 0.25) is 5.02 Å². The predicted molar refractivity (Wildman–Crippen MR) is 126 cm³/mol. The molecular formula is C24H26ClFN2O3S. The zero-order chi connectivity index (χ0) is 22.5. The lowest BCUT2D eigenvalue weighted by atomic mass is 9.94. The molecule has 8 heteroatoms. The second-order valence-electron chi connectivity index (χ2n) is 7.92. The summed E-state index contributed by atoms with van der Waals surface area (Å²) in [6.07, 6.45) is 3.07. The van der Waals surface area contributed by atoms with Crippen molar-refractivity contribution in [3.63, 3.8) is 0 Å². The number of hydrogen-bond donors (Lipinski definition) is 0. The van der Waals surface area contributed by atoms with Gasteiger partial charge in [0.1, 0.15) is 0 Å². The lowest BCUT2D eigenvalue weighted by molar-refractivity contribution is -0.142. The van der Waals surface area contributed by atoms with Crippen LogP contribution in [0, 0.1) is 11.7 Å². The van der Waals surface area contributed by atoms with Gasteiger partial charge < -0.3 is 14.4 Å². The fraction of sp³-hybridized carbons (Fsp3) is 0.417. The molecule has 1 aliphatic rings. The zero-order valence-corrected chi connectivity index (χ0v) is 19.6. The molecule has 0 atom stereocenters. The lowest BCUT2D eigenvalue weighted by Crippen LogP contribution is -2.34. The summed E-state index contributed by atoms with van der Waals surface area (Å²) in [5.41, 5.74) is 1.67. The van der Waals surface area contributed by atoms with E-state index in [9.17, 15) is 9.18 Å². The Morgan fingerprint density at radius 2 is 2.06 bits per heavy atom. The van der Waals surface area contributed by atoms with Gasteiger partial charge in [-0.3, -0.25) is 4.79 Å². The van der Waals surface area contributed by atoms with E-state index < -0.39 is 5.82 Å². The first-order valence-electron chi connectivity index (χ1n) is 10.9. The van der Waals surface area contributed by atoms with Gasteiger partial charge in [0.05, 0.1) is 29.9 Å². The Morgan fingerprint density at radius 1 is 1.25 bits per heavy atom. The lowest BCUT2D eigenvalue weighted by Gasteiger charge is -2.31. The van der Waals surface area contributed by atoms with Crippen LogP contribution in [-0.2, 0) is 16.0 Å². The molecule has 0 aliphatic carbocycles. The summed E-state index contributed by atoms with van der Waals surface area (Å²) in [6, 6.07) is 10.3. The van der Waals surface area contributed by atoms with Gasteiger partial charge in [-0.05, 0) is 68.0 Å². The van der Waals surface area contributed by atoms with Crippen LogP contribution in [-0.4, -0.2) is 37.3 Å². The molecule has 1 aromatic heterocycles. The molecule has 2 aromatic carbocycles. The SMILES string of the molecule is CCOC(=O)Cc1ccc(F)c(OCCC2CCN(c3nc4ccc(Cl)cc4s3)CC2)c1. The van der Waals surface area contributed by atoms with Crippen LogP contribution in [0.4, 0.5) is 9.52 Å². The largest absolute Gasteiger partial charge is 0.490 e. The number of carbonyl (C=O) groups excluding carboxylic acids is 1. The van der Waals surface area contributed by atoms with Gasteiger partial charge in [0, 0.05) is 18.1 Å². The summed E-state index contributed by atoms with van der Waals surface area (Å²) >= 11 is 7.76. The van der Waals surface area contributed by atoms with Crippen LogP contribution in [0.1, 0.15) is 31.7 Å². The fourth-order valence-corrected chi connectivity index (χ4v) is 5.21. The molecule has 0 saturated carbocycles. The molecule has 32 heavy (non-hydrogen) atoms. The minimum absolute atomic E-state index is 0.112. The molecule has 1 aliphatic heterocycles. The quantitative estimate of drug-likeness (QED) is 0.380. The second kappa shape index (κ2) is 10.5. The van der Waals surface area contributed by atoms with Crippen LogP contribution in [0.5, 0.6) is 5.75 Å². The van der Waals surface area contributed by atoms with Crippen LogP contribution in [0.15, 0.2) is 36.4 Å². The molecule has 4 rings (SSSR count). The molecule has 1 fully saturated rings. The Balaban J connectivity index is 1.25. The first kappa shape index (κ1) is 22.8. The van der Waals surface area contributed by atoms with E-state index in [0.717, 1.165) is 52.7 Å². The van der Waals surface area contributed by atoms with Crippen LogP contribution in [0.3, 0.4) is 0 Å². The minimum atomic E-state index is -0.414. The van der Waals surface area contributed by atoms with Gasteiger partial charge >= 0.3 is 5.97 Å². The van der Waals surface area contributed by atoms with Gasteiger partial charge in [0.25, 0.3) is 0 Å². The molecule has 0 amide bonds. The van der Waals surface area contributed by atoms with Gasteiger partial charge in [0.2, 0.25) is 0 Å². The number of carbonyl (C=O) groups is 1. The van der Waals surface area contributed by atoms with E-state index in [0.29, 0.717) is 24.7 Å². The highest BCUT2D eigenvalue weighted by Crippen LogP contribution is 2.33. The molecule has 2 heterocycles. The predicted octanol–water partition coefficient (Wildman–Crippen LogP) is 5.88. The Morgan fingerprint density at radius 3 is 2.84 bits per heavy atom. The molecule has 0 N–H and O–H groups in total. The molecule has 5 nitrogen and oxygen atoms in total. The third-order valence-electron chi connectivity index (χ3n) is 5.66. The number of fused-ring (bicyclic) bond motifs is 1. The summed E-state index contributed by atoms with van der Waals surface area (Å²) in [4.78, 5) is 18.7. The maximum Gasteiger partial charge on any atom is 0.310 e. The van der Waals surface area contributed by atoms with Gasteiger partial charge in [-0.15, -0.1) is 0 Å². The highest BCUT2D eigenvalue weighted by atomic mass is 35.5. The minimum Gasteiger partial charge on any atom is -0.490 e. The van der Waals surface area contributed by atoms with E-state index in [1.54, 1.807) is 30.4 Å². The van der Waals surface area contributed by atoms with E-state index in [1.807, 2.05) is 18.2 Å². The van der Waals surface area contributed by atoms with Crippen molar-refractivity contribution in [2.45, 2.75) is 32.6 Å². The highest BCUT2D eigenvalue weighted by Gasteiger charge is 2.22. The van der Waals surface area contributed by atoms with Crippen molar-refractivity contribution in [1.29, 1.82) is 0 Å². The average molecular weight is 477 g/mol. The van der Waals surface area contributed by atoms with Crippen LogP contribution in [0.25, 0.3) is 10.2 Å². The summed E-state index contributed by atoms with van der Waals surface area (Å²) in [6.45, 7) is 4.43. The summed E-state index contributed by atoms with van der Waals surface area (Å²) in [5.74, 6) is -0.0189. The number of esters is 1. The Labute approximate surface area is 196 Å². The maximum absolute atomic E-state index is 14.1. The number of benzene rings is 2. The zero-order valence-electron chi connectivity index (χ0n) is 18.0. The smallest absolute Gasteiger partial charge is 0.310 e. The second-order valence-corrected chi connectivity index (χ2v) is 9.37. The van der Waals surface area contributed by atoms with Gasteiger partial charge in [0.15, 0.2) is 16.7 Å². The molecular weight excluding hydrogens is 451 g/mol. The Kier molecular flexibility index (Phi) is 7.48. The average Bonchev–Trinajstić information content (AvgIpc) is 3.20. The van der Waals surface area contributed by atoms with Crippen LogP contribution < -0.4 is 9.64 Å². The number of ether oxygens (including phenoxy) is 2. The van der Waals surface area contributed by atoms with Gasteiger partial charge in [-0.25, -0.2) is 9.37 Å². The van der Waals surface area contributed by atoms with Crippen molar-refractivity contribution < 1.29 is 18.7 Å². The van der Waals surface area contributed by atoms with Crippen LogP contribution >= 0.6 is 22.9 Å². The van der Waals surface area contributed by atoms with Gasteiger partial charge in [-0.1, -0.05) is 29.0 Å². The summed E-state index contributed by atoms with van der Waals surface area (Å²) in [5, 5.41) is 1.77. The number of rotatable bonds is 8. The number of aromatic nitrogens is 1. The molecule has 0 radical (unpaired) electrons. The van der Waals surface area contributed by atoms with Gasteiger partial charge in [-0.2, -0.15) is 0 Å². The monoisotopic (exact) mass is 476 g/mol. The van der Waals surface area contributed by atoms with E-state index in [2.05, 4.69) is 4.90 Å². The van der Waals surface area contributed by atoms with Crippen molar-refractivity contribution in [2.24, 2.45) is 5.92 Å². The first-order chi connectivity index (χ1) is 15.5. The summed E-state index contributed by atoms with van der Waals surface area (Å²) in [7, 11) is 0. The first-order valence-corrected chi connectivity index (χ1v) is 12.1. The number of thiazole rings is 1. The summed E-state index contributed by atoms with van der Waals surface area (Å²) < 4.78 is 25.9. The van der Waals surface area contributed by atoms with Crippen molar-refractivity contribution in [2.75, 3.05) is 31.2 Å². The molecule has 0 bridgehead atoms. The number of hydrogen-bond acceptors (Lipinski definition) is 6. The van der Waals surface area contributed by atoms with E-state index >= 15 is 0 Å².